The fourth-order valence-electron chi connectivity index (χ4n) is 11.3. The third kappa shape index (κ3) is 9.36. The van der Waals surface area contributed by atoms with Crippen LogP contribution in [0.3, 0.4) is 0 Å². The fraction of sp³-hybridized carbons (Fsp3) is 0.860. The molecule has 1 spiro atoms. The zero-order chi connectivity index (χ0) is 34.4. The van der Waals surface area contributed by atoms with E-state index < -0.39 is 11.9 Å². The molecule has 4 rings (SSSR count). The molecule has 47 heavy (non-hydrogen) atoms. The maximum Gasteiger partial charge on any atom is 0.317 e. The minimum absolute atomic E-state index is 0.0127. The standard InChI is InChI=1S/C43H72O4/c1-30(2)14-10-15-31(3)16-11-17-32(4)18-12-19-33(5)23-27-46-38(44)28-39(45)47-40-35-20-21-37-42(9)25-13-24-41(7,8)36(42)22-26-43(37,40)29-34(35)6/h23,30-32,35-37,40H,6,10-22,24-29H2,1-5,7-9H3/b33-23+/t31-,32-,35-,36+,37-,40+,42+,43-/m0/s1. The van der Waals surface area contributed by atoms with E-state index in [4.69, 9.17) is 9.47 Å². The molecule has 0 aliphatic heterocycles. The normalized spacial score (nSPS) is 32.8. The number of hydrogen-bond donors (Lipinski definition) is 0. The van der Waals surface area contributed by atoms with Gasteiger partial charge in [0.1, 0.15) is 19.1 Å². The predicted octanol–water partition coefficient (Wildman–Crippen LogP) is 11.8. The lowest BCUT2D eigenvalue weighted by Gasteiger charge is -2.64. The van der Waals surface area contributed by atoms with Gasteiger partial charge in [-0.3, -0.25) is 9.59 Å². The molecule has 0 heterocycles. The Labute approximate surface area is 289 Å². The summed E-state index contributed by atoms with van der Waals surface area (Å²) < 4.78 is 11.8. The fourth-order valence-corrected chi connectivity index (χ4v) is 11.3. The maximum absolute atomic E-state index is 13.2. The number of hydrogen-bond acceptors (Lipinski definition) is 4. The zero-order valence-electron chi connectivity index (χ0n) is 31.9. The van der Waals surface area contributed by atoms with E-state index in [1.54, 1.807) is 0 Å². The van der Waals surface area contributed by atoms with Crippen molar-refractivity contribution in [2.45, 2.75) is 177 Å². The number of esters is 2. The van der Waals surface area contributed by atoms with Crippen molar-refractivity contribution in [1.29, 1.82) is 0 Å². The maximum atomic E-state index is 13.2. The molecule has 4 heteroatoms. The summed E-state index contributed by atoms with van der Waals surface area (Å²) in [6, 6.07) is 0. The van der Waals surface area contributed by atoms with E-state index in [1.165, 1.54) is 94.6 Å². The molecule has 4 saturated carbocycles. The molecular formula is C43H72O4. The van der Waals surface area contributed by atoms with Crippen molar-refractivity contribution >= 4 is 11.9 Å². The Morgan fingerprint density at radius 1 is 0.851 bits per heavy atom. The summed E-state index contributed by atoms with van der Waals surface area (Å²) in [6.07, 6.45) is 22.6. The molecule has 0 amide bonds. The van der Waals surface area contributed by atoms with Crippen LogP contribution in [-0.2, 0) is 19.1 Å². The zero-order valence-corrected chi connectivity index (χ0v) is 31.9. The van der Waals surface area contributed by atoms with Gasteiger partial charge in [-0.25, -0.2) is 0 Å². The summed E-state index contributed by atoms with van der Waals surface area (Å²) in [5.41, 5.74) is 3.16. The Balaban J connectivity index is 1.17. The molecule has 0 aromatic heterocycles. The van der Waals surface area contributed by atoms with E-state index in [-0.39, 0.29) is 35.9 Å². The first-order valence-corrected chi connectivity index (χ1v) is 19.9. The Bertz CT molecular complexity index is 1100. The van der Waals surface area contributed by atoms with Gasteiger partial charge in [-0.05, 0) is 111 Å². The lowest BCUT2D eigenvalue weighted by Crippen LogP contribution is -2.60. The minimum atomic E-state index is -0.480. The smallest absolute Gasteiger partial charge is 0.317 e. The number of carbonyl (C=O) groups is 2. The molecule has 4 aliphatic carbocycles. The van der Waals surface area contributed by atoms with Gasteiger partial charge in [0, 0.05) is 11.3 Å². The van der Waals surface area contributed by atoms with Crippen LogP contribution in [0.25, 0.3) is 0 Å². The molecule has 8 atom stereocenters. The lowest BCUT2D eigenvalue weighted by atomic mass is 9.41. The SMILES string of the molecule is C=C1C[C@@]23CC[C@@H]4C(C)(C)CCC[C@@]4(C)[C@@H]2CC[C@@H]1[C@H]3OC(=O)CC(=O)OC/C=C(\C)CCC[C@@H](C)CCC[C@@H](C)CCCC(C)C. The van der Waals surface area contributed by atoms with Crippen LogP contribution >= 0.6 is 0 Å². The van der Waals surface area contributed by atoms with E-state index in [0.29, 0.717) is 11.3 Å². The van der Waals surface area contributed by atoms with Crippen molar-refractivity contribution in [2.24, 2.45) is 51.8 Å². The van der Waals surface area contributed by atoms with Crippen LogP contribution in [0.5, 0.6) is 0 Å². The number of allylic oxidation sites excluding steroid dienone is 1. The second-order valence-corrected chi connectivity index (χ2v) is 18.4. The highest BCUT2D eigenvalue weighted by Gasteiger charge is 2.67. The van der Waals surface area contributed by atoms with E-state index in [2.05, 4.69) is 62.0 Å². The summed E-state index contributed by atoms with van der Waals surface area (Å²) >= 11 is 0. The summed E-state index contributed by atoms with van der Waals surface area (Å²) in [5.74, 6) is 3.04. The van der Waals surface area contributed by atoms with Crippen molar-refractivity contribution in [3.8, 4) is 0 Å². The Kier molecular flexibility index (Phi) is 13.4. The van der Waals surface area contributed by atoms with Crippen LogP contribution in [0.2, 0.25) is 0 Å². The van der Waals surface area contributed by atoms with Gasteiger partial charge in [0.15, 0.2) is 0 Å². The molecule has 4 fully saturated rings. The second kappa shape index (κ2) is 16.4. The highest BCUT2D eigenvalue weighted by atomic mass is 16.6. The van der Waals surface area contributed by atoms with Crippen molar-refractivity contribution in [3.05, 3.63) is 23.8 Å². The number of rotatable bonds is 17. The Hall–Kier alpha value is -1.58. The highest BCUT2D eigenvalue weighted by Crippen LogP contribution is 2.72. The minimum Gasteiger partial charge on any atom is -0.461 e. The molecule has 4 nitrogen and oxygen atoms in total. The van der Waals surface area contributed by atoms with Gasteiger partial charge < -0.3 is 9.47 Å². The Morgan fingerprint density at radius 2 is 1.51 bits per heavy atom. The van der Waals surface area contributed by atoms with Crippen molar-refractivity contribution in [3.63, 3.8) is 0 Å². The van der Waals surface area contributed by atoms with Crippen molar-refractivity contribution < 1.29 is 19.1 Å². The van der Waals surface area contributed by atoms with Crippen molar-refractivity contribution in [1.82, 2.24) is 0 Å². The van der Waals surface area contributed by atoms with Crippen LogP contribution in [0.15, 0.2) is 23.8 Å². The quantitative estimate of drug-likeness (QED) is 0.0891. The predicted molar refractivity (Wildman–Crippen MR) is 195 cm³/mol. The van der Waals surface area contributed by atoms with Gasteiger partial charge in [0.2, 0.25) is 0 Å². The average Bonchev–Trinajstić information content (AvgIpc) is 3.10. The third-order valence-corrected chi connectivity index (χ3v) is 13.8. The highest BCUT2D eigenvalue weighted by molar-refractivity contribution is 5.91. The van der Waals surface area contributed by atoms with Crippen molar-refractivity contribution in [2.75, 3.05) is 6.61 Å². The van der Waals surface area contributed by atoms with E-state index in [0.717, 1.165) is 49.4 Å². The molecule has 268 valence electrons. The summed E-state index contributed by atoms with van der Waals surface area (Å²) in [4.78, 5) is 25.9. The topological polar surface area (TPSA) is 52.6 Å². The summed E-state index contributed by atoms with van der Waals surface area (Å²) in [7, 11) is 0. The second-order valence-electron chi connectivity index (χ2n) is 18.4. The first-order chi connectivity index (χ1) is 22.2. The van der Waals surface area contributed by atoms with Gasteiger partial charge in [-0.1, -0.05) is 118 Å². The van der Waals surface area contributed by atoms with Crippen LogP contribution in [0, 0.1) is 51.8 Å². The van der Waals surface area contributed by atoms with Crippen LogP contribution in [0.1, 0.15) is 171 Å². The van der Waals surface area contributed by atoms with Gasteiger partial charge in [0.05, 0.1) is 0 Å². The molecule has 4 aliphatic rings. The third-order valence-electron chi connectivity index (χ3n) is 13.8. The molecule has 0 unspecified atom stereocenters. The first kappa shape index (κ1) is 38.2. The van der Waals surface area contributed by atoms with Crippen LogP contribution in [-0.4, -0.2) is 24.6 Å². The number of fused-ring (bicyclic) bond motifs is 3. The monoisotopic (exact) mass is 653 g/mol. The summed E-state index contributed by atoms with van der Waals surface area (Å²) in [5, 5.41) is 0. The molecule has 0 N–H and O–H groups in total. The van der Waals surface area contributed by atoms with Gasteiger partial charge in [-0.15, -0.1) is 0 Å². The van der Waals surface area contributed by atoms with Gasteiger partial charge in [0.25, 0.3) is 0 Å². The number of carbonyl (C=O) groups excluding carboxylic acids is 2. The molecule has 0 radical (unpaired) electrons. The molecular weight excluding hydrogens is 580 g/mol. The lowest BCUT2D eigenvalue weighted by molar-refractivity contribution is -0.201. The van der Waals surface area contributed by atoms with E-state index in [9.17, 15) is 9.59 Å². The first-order valence-electron chi connectivity index (χ1n) is 19.9. The largest absolute Gasteiger partial charge is 0.461 e. The molecule has 0 saturated heterocycles. The molecule has 0 aromatic carbocycles. The summed E-state index contributed by atoms with van der Waals surface area (Å²) in [6.45, 7) is 23.8. The van der Waals surface area contributed by atoms with Gasteiger partial charge >= 0.3 is 11.9 Å². The van der Waals surface area contributed by atoms with Crippen LogP contribution < -0.4 is 0 Å². The molecule has 2 bridgehead atoms. The average molecular weight is 653 g/mol. The van der Waals surface area contributed by atoms with E-state index in [1.807, 2.05) is 6.08 Å². The van der Waals surface area contributed by atoms with E-state index >= 15 is 0 Å². The van der Waals surface area contributed by atoms with Gasteiger partial charge in [-0.2, -0.15) is 0 Å². The number of ether oxygens (including phenoxy) is 2. The van der Waals surface area contributed by atoms with Crippen LogP contribution in [0.4, 0.5) is 0 Å². The molecule has 0 aromatic rings. The Morgan fingerprint density at radius 3 is 2.19 bits per heavy atom.